The van der Waals surface area contributed by atoms with Crippen LogP contribution < -0.4 is 14.8 Å². The second kappa shape index (κ2) is 10.7. The number of rotatable bonds is 8. The van der Waals surface area contributed by atoms with Crippen molar-refractivity contribution in [2.24, 2.45) is 0 Å². The Hall–Kier alpha value is -4.66. The van der Waals surface area contributed by atoms with Crippen LogP contribution in [0.5, 0.6) is 11.5 Å². The lowest BCUT2D eigenvalue weighted by atomic mass is 10.1. The van der Waals surface area contributed by atoms with E-state index in [0.717, 1.165) is 16.5 Å². The lowest BCUT2D eigenvalue weighted by Gasteiger charge is -2.11. The van der Waals surface area contributed by atoms with Crippen LogP contribution in [0.15, 0.2) is 60.8 Å². The van der Waals surface area contributed by atoms with Gasteiger partial charge in [-0.3, -0.25) is 4.79 Å². The molecule has 0 radical (unpaired) electrons. The zero-order valence-electron chi connectivity index (χ0n) is 20.4. The van der Waals surface area contributed by atoms with E-state index in [9.17, 15) is 9.59 Å². The lowest BCUT2D eigenvalue weighted by Crippen LogP contribution is -2.16. The summed E-state index contributed by atoms with van der Waals surface area (Å²) in [5.41, 5.74) is 2.51. The van der Waals surface area contributed by atoms with Crippen molar-refractivity contribution >= 4 is 34.7 Å². The van der Waals surface area contributed by atoms with Crippen LogP contribution >= 0.6 is 0 Å². The summed E-state index contributed by atoms with van der Waals surface area (Å²) in [5, 5.41) is 8.10. The van der Waals surface area contributed by atoms with E-state index in [1.807, 2.05) is 37.3 Å². The summed E-state index contributed by atoms with van der Waals surface area (Å²) < 4.78 is 17.2. The van der Waals surface area contributed by atoms with Crippen molar-refractivity contribution in [2.75, 3.05) is 26.1 Å². The second-order valence-electron chi connectivity index (χ2n) is 7.78. The van der Waals surface area contributed by atoms with Gasteiger partial charge in [-0.2, -0.15) is 9.78 Å². The molecule has 1 amide bonds. The van der Waals surface area contributed by atoms with E-state index in [4.69, 9.17) is 14.2 Å². The first-order valence-electron chi connectivity index (χ1n) is 11.3. The van der Waals surface area contributed by atoms with Gasteiger partial charge in [0.1, 0.15) is 17.1 Å². The van der Waals surface area contributed by atoms with Gasteiger partial charge in [-0.1, -0.05) is 18.2 Å². The molecule has 0 saturated carbocycles. The van der Waals surface area contributed by atoms with Crippen LogP contribution in [0, 0.1) is 6.92 Å². The molecule has 0 bridgehead atoms. The predicted molar refractivity (Wildman–Crippen MR) is 137 cm³/mol. The minimum absolute atomic E-state index is 0.116. The summed E-state index contributed by atoms with van der Waals surface area (Å²) in [6.07, 6.45) is 4.29. The number of benzene rings is 2. The van der Waals surface area contributed by atoms with Gasteiger partial charge >= 0.3 is 5.97 Å². The van der Waals surface area contributed by atoms with Gasteiger partial charge in [0.2, 0.25) is 5.91 Å². The van der Waals surface area contributed by atoms with Crippen molar-refractivity contribution in [1.82, 2.24) is 14.8 Å². The fourth-order valence-electron chi connectivity index (χ4n) is 3.73. The van der Waals surface area contributed by atoms with Crippen molar-refractivity contribution in [3.8, 4) is 17.3 Å². The summed E-state index contributed by atoms with van der Waals surface area (Å²) in [7, 11) is 3.10. The van der Waals surface area contributed by atoms with E-state index in [1.54, 1.807) is 45.4 Å². The van der Waals surface area contributed by atoms with Gasteiger partial charge in [0.25, 0.3) is 0 Å². The molecule has 0 aliphatic carbocycles. The van der Waals surface area contributed by atoms with Gasteiger partial charge in [-0.25, -0.2) is 9.78 Å². The SMILES string of the molecule is CCOC(=O)c1cnn(-c2cc(C)c3ccccc3n2)c1NC(=O)/C=C/c1cc(OC)ccc1OC. The van der Waals surface area contributed by atoms with Crippen LogP contribution in [-0.2, 0) is 9.53 Å². The summed E-state index contributed by atoms with van der Waals surface area (Å²) >= 11 is 0. The fourth-order valence-corrected chi connectivity index (χ4v) is 3.73. The Bertz CT molecular complexity index is 1460. The molecule has 0 aliphatic rings. The normalized spacial score (nSPS) is 11.0. The summed E-state index contributed by atoms with van der Waals surface area (Å²) in [4.78, 5) is 30.2. The van der Waals surface area contributed by atoms with E-state index >= 15 is 0 Å². The topological polar surface area (TPSA) is 105 Å². The van der Waals surface area contributed by atoms with Gasteiger partial charge in [0, 0.05) is 17.0 Å². The van der Waals surface area contributed by atoms with Gasteiger partial charge in [-0.05, 0) is 55.8 Å². The quantitative estimate of drug-likeness (QED) is 0.287. The Balaban J connectivity index is 1.71. The monoisotopic (exact) mass is 486 g/mol. The van der Waals surface area contributed by atoms with Crippen molar-refractivity contribution < 1.29 is 23.8 Å². The molecule has 9 nitrogen and oxygen atoms in total. The Morgan fingerprint density at radius 1 is 1.08 bits per heavy atom. The Morgan fingerprint density at radius 2 is 1.89 bits per heavy atom. The maximum Gasteiger partial charge on any atom is 0.343 e. The molecule has 2 heterocycles. The molecule has 0 aliphatic heterocycles. The average molecular weight is 487 g/mol. The number of pyridine rings is 1. The molecule has 0 saturated heterocycles. The third-order valence-electron chi connectivity index (χ3n) is 5.48. The molecule has 2 aromatic carbocycles. The van der Waals surface area contributed by atoms with E-state index in [0.29, 0.717) is 22.9 Å². The van der Waals surface area contributed by atoms with Crippen molar-refractivity contribution in [3.05, 3.63) is 77.5 Å². The largest absolute Gasteiger partial charge is 0.497 e. The van der Waals surface area contributed by atoms with Crippen LogP contribution in [-0.4, -0.2) is 47.5 Å². The van der Waals surface area contributed by atoms with Crippen LogP contribution in [0.4, 0.5) is 5.82 Å². The highest BCUT2D eigenvalue weighted by atomic mass is 16.5. The number of nitrogens with zero attached hydrogens (tertiary/aromatic N) is 3. The lowest BCUT2D eigenvalue weighted by molar-refractivity contribution is -0.111. The van der Waals surface area contributed by atoms with Crippen molar-refractivity contribution in [2.45, 2.75) is 13.8 Å². The number of ether oxygens (including phenoxy) is 3. The minimum Gasteiger partial charge on any atom is -0.497 e. The number of nitrogens with one attached hydrogen (secondary N) is 1. The molecule has 184 valence electrons. The zero-order chi connectivity index (χ0) is 25.7. The molecule has 4 aromatic rings. The number of carbonyl (C=O) groups is 2. The highest BCUT2D eigenvalue weighted by Crippen LogP contribution is 2.26. The zero-order valence-corrected chi connectivity index (χ0v) is 20.4. The minimum atomic E-state index is -0.602. The first-order chi connectivity index (χ1) is 17.4. The first kappa shape index (κ1) is 24.5. The number of hydrogen-bond acceptors (Lipinski definition) is 7. The van der Waals surface area contributed by atoms with Crippen LogP contribution in [0.1, 0.15) is 28.4 Å². The average Bonchev–Trinajstić information content (AvgIpc) is 3.30. The van der Waals surface area contributed by atoms with Gasteiger partial charge in [0.15, 0.2) is 11.6 Å². The Labute approximate surface area is 208 Å². The van der Waals surface area contributed by atoms with Gasteiger partial charge < -0.3 is 19.5 Å². The van der Waals surface area contributed by atoms with Crippen molar-refractivity contribution in [3.63, 3.8) is 0 Å². The van der Waals surface area contributed by atoms with E-state index < -0.39 is 11.9 Å². The van der Waals surface area contributed by atoms with Gasteiger partial charge in [0.05, 0.1) is 32.5 Å². The molecule has 0 spiro atoms. The summed E-state index contributed by atoms with van der Waals surface area (Å²) in [5.74, 6) is 0.724. The number of para-hydroxylation sites is 1. The number of aromatic nitrogens is 3. The number of carbonyl (C=O) groups excluding carboxylic acids is 2. The van der Waals surface area contributed by atoms with E-state index in [2.05, 4.69) is 15.4 Å². The maximum absolute atomic E-state index is 12.9. The third kappa shape index (κ3) is 5.05. The molecule has 0 unspecified atom stereocenters. The molecular formula is C27H26N4O5. The molecular weight excluding hydrogens is 460 g/mol. The molecule has 0 fully saturated rings. The first-order valence-corrected chi connectivity index (χ1v) is 11.3. The fraction of sp³-hybridized carbons (Fsp3) is 0.185. The van der Waals surface area contributed by atoms with E-state index in [1.165, 1.54) is 17.0 Å². The third-order valence-corrected chi connectivity index (χ3v) is 5.48. The number of fused-ring (bicyclic) bond motifs is 1. The van der Waals surface area contributed by atoms with Crippen molar-refractivity contribution in [1.29, 1.82) is 0 Å². The predicted octanol–water partition coefficient (Wildman–Crippen LogP) is 4.57. The molecule has 2 aromatic heterocycles. The summed E-state index contributed by atoms with van der Waals surface area (Å²) in [6, 6.07) is 14.8. The second-order valence-corrected chi connectivity index (χ2v) is 7.78. The van der Waals surface area contributed by atoms with Crippen LogP contribution in [0.2, 0.25) is 0 Å². The molecule has 4 rings (SSSR count). The standard InChI is InChI=1S/C27H26N4O5/c1-5-36-27(33)21-16-28-31(24-14-17(2)20-8-6-7-9-22(20)29-24)26(21)30-25(32)13-10-18-15-19(34-3)11-12-23(18)35-4/h6-16H,5H2,1-4H3,(H,30,32)/b13-10+. The number of anilines is 1. The number of aryl methyl sites for hydroxylation is 1. The molecule has 9 heteroatoms. The van der Waals surface area contributed by atoms with E-state index in [-0.39, 0.29) is 18.0 Å². The summed E-state index contributed by atoms with van der Waals surface area (Å²) in [6.45, 7) is 3.85. The van der Waals surface area contributed by atoms with Crippen LogP contribution in [0.25, 0.3) is 22.8 Å². The smallest absolute Gasteiger partial charge is 0.343 e. The highest BCUT2D eigenvalue weighted by Gasteiger charge is 2.22. The molecule has 1 N–H and O–H groups in total. The Morgan fingerprint density at radius 3 is 2.64 bits per heavy atom. The number of methoxy groups -OCH3 is 2. The van der Waals surface area contributed by atoms with Crippen LogP contribution in [0.3, 0.4) is 0 Å². The number of esters is 1. The molecule has 0 atom stereocenters. The maximum atomic E-state index is 12.9. The highest BCUT2D eigenvalue weighted by molar-refractivity contribution is 6.06. The Kier molecular flexibility index (Phi) is 7.29. The molecule has 36 heavy (non-hydrogen) atoms. The number of amides is 1. The van der Waals surface area contributed by atoms with Gasteiger partial charge in [-0.15, -0.1) is 0 Å². The number of hydrogen-bond donors (Lipinski definition) is 1.